The van der Waals surface area contributed by atoms with Crippen LogP contribution in [0.2, 0.25) is 0 Å². The fourth-order valence-corrected chi connectivity index (χ4v) is 4.25. The first-order chi connectivity index (χ1) is 15.9. The van der Waals surface area contributed by atoms with Crippen molar-refractivity contribution in [1.82, 2.24) is 24.8 Å². The second-order valence-corrected chi connectivity index (χ2v) is 8.07. The summed E-state index contributed by atoms with van der Waals surface area (Å²) < 4.78 is 0. The number of para-hydroxylation sites is 1. The second kappa shape index (κ2) is 8.06. The summed E-state index contributed by atoms with van der Waals surface area (Å²) in [5.41, 5.74) is 8.93. The number of carboxylic acids is 1. The van der Waals surface area contributed by atoms with Gasteiger partial charge in [0.2, 0.25) is 0 Å². The predicted octanol–water partition coefficient (Wildman–Crippen LogP) is 1.50. The van der Waals surface area contributed by atoms with Crippen molar-refractivity contribution in [1.29, 1.82) is 0 Å². The molecule has 0 spiro atoms. The third kappa shape index (κ3) is 3.80. The molecule has 1 amide bonds. The third-order valence-electron chi connectivity index (χ3n) is 5.95. The fourth-order valence-electron chi connectivity index (χ4n) is 4.25. The highest BCUT2D eigenvalue weighted by atomic mass is 16.4. The molecule has 0 bridgehead atoms. The number of pyridine rings is 1. The zero-order chi connectivity index (χ0) is 23.1. The number of rotatable bonds is 4. The lowest BCUT2D eigenvalue weighted by Crippen LogP contribution is -2.49. The molecule has 5 N–H and O–H groups in total. The quantitative estimate of drug-likeness (QED) is 0.371. The number of piperazine rings is 1. The maximum atomic E-state index is 13.0. The first kappa shape index (κ1) is 20.7. The van der Waals surface area contributed by atoms with Crippen molar-refractivity contribution >= 4 is 39.5 Å². The Labute approximate surface area is 187 Å². The van der Waals surface area contributed by atoms with Crippen LogP contribution in [-0.2, 0) is 4.79 Å². The SMILES string of the molecule is Nc1c(-c2nc3ccc(C(=O)N4CCN(CC(=O)O)CC4)cc3[nH]2)c(=O)[nH]c2ccccc12. The Bertz CT molecular complexity index is 1450. The number of carbonyl (C=O) groups excluding carboxylic acids is 1. The van der Waals surface area contributed by atoms with Crippen molar-refractivity contribution in [3.8, 4) is 11.4 Å². The van der Waals surface area contributed by atoms with Gasteiger partial charge in [0.05, 0.1) is 28.8 Å². The Balaban J connectivity index is 1.43. The molecule has 1 saturated heterocycles. The van der Waals surface area contributed by atoms with Gasteiger partial charge in [0.1, 0.15) is 11.4 Å². The summed E-state index contributed by atoms with van der Waals surface area (Å²) in [5.74, 6) is -0.673. The number of nitrogens with zero attached hydrogens (tertiary/aromatic N) is 3. The van der Waals surface area contributed by atoms with Gasteiger partial charge in [-0.15, -0.1) is 0 Å². The van der Waals surface area contributed by atoms with E-state index in [0.717, 1.165) is 5.39 Å². The number of aromatic amines is 2. The number of fused-ring (bicyclic) bond motifs is 2. The minimum absolute atomic E-state index is 0.0258. The molecule has 0 radical (unpaired) electrons. The molecule has 0 unspecified atom stereocenters. The van der Waals surface area contributed by atoms with Crippen molar-refractivity contribution in [2.24, 2.45) is 0 Å². The van der Waals surface area contributed by atoms with Gasteiger partial charge in [0.25, 0.3) is 11.5 Å². The van der Waals surface area contributed by atoms with Crippen molar-refractivity contribution in [3.05, 3.63) is 58.4 Å². The minimum Gasteiger partial charge on any atom is -0.480 e. The van der Waals surface area contributed by atoms with Crippen LogP contribution in [0, 0.1) is 0 Å². The van der Waals surface area contributed by atoms with E-state index >= 15 is 0 Å². The molecular weight excluding hydrogens is 424 g/mol. The first-order valence-electron chi connectivity index (χ1n) is 10.5. The number of H-pyrrole nitrogens is 2. The van der Waals surface area contributed by atoms with E-state index in [9.17, 15) is 14.4 Å². The lowest BCUT2D eigenvalue weighted by Gasteiger charge is -2.33. The molecular formula is C23H22N6O4. The molecule has 4 aromatic rings. The Morgan fingerprint density at radius 1 is 1.03 bits per heavy atom. The van der Waals surface area contributed by atoms with E-state index in [2.05, 4.69) is 15.0 Å². The van der Waals surface area contributed by atoms with Gasteiger partial charge in [0.15, 0.2) is 0 Å². The highest BCUT2D eigenvalue weighted by Gasteiger charge is 2.24. The van der Waals surface area contributed by atoms with Crippen LogP contribution in [0.25, 0.3) is 33.3 Å². The summed E-state index contributed by atoms with van der Waals surface area (Å²) in [5, 5.41) is 9.66. The number of carboxylic acid groups (broad SMARTS) is 1. The van der Waals surface area contributed by atoms with E-state index < -0.39 is 5.97 Å². The summed E-state index contributed by atoms with van der Waals surface area (Å²) in [7, 11) is 0. The average molecular weight is 446 g/mol. The molecule has 168 valence electrons. The van der Waals surface area contributed by atoms with Crippen molar-refractivity contribution in [2.45, 2.75) is 0 Å². The zero-order valence-electron chi connectivity index (χ0n) is 17.7. The molecule has 5 rings (SSSR count). The normalized spacial score (nSPS) is 14.7. The smallest absolute Gasteiger partial charge is 0.317 e. The number of nitrogen functional groups attached to an aromatic ring is 1. The number of aliphatic carboxylic acids is 1. The summed E-state index contributed by atoms with van der Waals surface area (Å²) >= 11 is 0. The van der Waals surface area contributed by atoms with Gasteiger partial charge in [-0.1, -0.05) is 18.2 Å². The number of carbonyl (C=O) groups is 2. The number of imidazole rings is 1. The van der Waals surface area contributed by atoms with Crippen molar-refractivity contribution in [2.75, 3.05) is 38.5 Å². The number of benzene rings is 2. The standard InChI is InChI=1S/C23H22N6O4/c24-20-14-3-1-2-4-15(14)27-22(32)19(20)21-25-16-6-5-13(11-17(16)26-21)23(33)29-9-7-28(8-10-29)12-18(30)31/h1-6,11H,7-10,12H2,(H,25,26)(H,30,31)(H3,24,27,32). The van der Waals surface area contributed by atoms with E-state index in [4.69, 9.17) is 10.8 Å². The predicted molar refractivity (Wildman–Crippen MR) is 124 cm³/mol. The summed E-state index contributed by atoms with van der Waals surface area (Å²) in [6.07, 6.45) is 0. The van der Waals surface area contributed by atoms with Gasteiger partial charge in [-0.25, -0.2) is 4.98 Å². The zero-order valence-corrected chi connectivity index (χ0v) is 17.7. The molecule has 33 heavy (non-hydrogen) atoms. The van der Waals surface area contributed by atoms with Crippen LogP contribution in [0.3, 0.4) is 0 Å². The molecule has 2 aromatic carbocycles. The maximum absolute atomic E-state index is 13.0. The van der Waals surface area contributed by atoms with Crippen molar-refractivity contribution < 1.29 is 14.7 Å². The number of nitrogens with two attached hydrogens (primary N) is 1. The van der Waals surface area contributed by atoms with Crippen LogP contribution in [0.1, 0.15) is 10.4 Å². The molecule has 10 nitrogen and oxygen atoms in total. The molecule has 0 atom stereocenters. The van der Waals surface area contributed by atoms with E-state index in [0.29, 0.717) is 59.8 Å². The van der Waals surface area contributed by atoms with Crippen LogP contribution in [0.5, 0.6) is 0 Å². The largest absolute Gasteiger partial charge is 0.480 e. The molecule has 0 aliphatic carbocycles. The third-order valence-corrected chi connectivity index (χ3v) is 5.95. The first-order valence-corrected chi connectivity index (χ1v) is 10.5. The van der Waals surface area contributed by atoms with Gasteiger partial charge in [-0.3, -0.25) is 19.3 Å². The number of hydrogen-bond acceptors (Lipinski definition) is 6. The van der Waals surface area contributed by atoms with E-state index in [1.807, 2.05) is 23.1 Å². The number of nitrogens with one attached hydrogen (secondary N) is 2. The molecule has 10 heteroatoms. The molecule has 0 saturated carbocycles. The van der Waals surface area contributed by atoms with Gasteiger partial charge >= 0.3 is 5.97 Å². The number of anilines is 1. The fraction of sp³-hybridized carbons (Fsp3) is 0.217. The van der Waals surface area contributed by atoms with Crippen LogP contribution >= 0.6 is 0 Å². The number of amides is 1. The number of aromatic nitrogens is 3. The number of hydrogen-bond donors (Lipinski definition) is 4. The molecule has 1 aliphatic heterocycles. The Morgan fingerprint density at radius 2 is 1.79 bits per heavy atom. The monoisotopic (exact) mass is 446 g/mol. The second-order valence-electron chi connectivity index (χ2n) is 8.07. The van der Waals surface area contributed by atoms with E-state index in [1.54, 1.807) is 29.2 Å². The topological polar surface area (TPSA) is 148 Å². The highest BCUT2D eigenvalue weighted by Crippen LogP contribution is 2.28. The lowest BCUT2D eigenvalue weighted by atomic mass is 10.1. The lowest BCUT2D eigenvalue weighted by molar-refractivity contribution is -0.138. The van der Waals surface area contributed by atoms with Gasteiger partial charge in [-0.05, 0) is 24.3 Å². The van der Waals surface area contributed by atoms with Crippen LogP contribution < -0.4 is 11.3 Å². The summed E-state index contributed by atoms with van der Waals surface area (Å²) in [4.78, 5) is 50.6. The van der Waals surface area contributed by atoms with E-state index in [-0.39, 0.29) is 23.6 Å². The highest BCUT2D eigenvalue weighted by molar-refractivity contribution is 5.99. The van der Waals surface area contributed by atoms with Crippen molar-refractivity contribution in [3.63, 3.8) is 0 Å². The maximum Gasteiger partial charge on any atom is 0.317 e. The Morgan fingerprint density at radius 3 is 2.55 bits per heavy atom. The summed E-state index contributed by atoms with van der Waals surface area (Å²) in [6.45, 7) is 1.92. The van der Waals surface area contributed by atoms with Gasteiger partial charge < -0.3 is 25.7 Å². The van der Waals surface area contributed by atoms with Crippen LogP contribution in [0.4, 0.5) is 5.69 Å². The minimum atomic E-state index is -0.874. The molecule has 3 heterocycles. The Hall–Kier alpha value is -4.18. The van der Waals surface area contributed by atoms with Gasteiger partial charge in [-0.2, -0.15) is 0 Å². The average Bonchev–Trinajstić information content (AvgIpc) is 3.21. The van der Waals surface area contributed by atoms with Gasteiger partial charge in [0, 0.05) is 37.1 Å². The van der Waals surface area contributed by atoms with E-state index in [1.165, 1.54) is 0 Å². The summed E-state index contributed by atoms with van der Waals surface area (Å²) in [6, 6.07) is 12.4. The van der Waals surface area contributed by atoms with Crippen LogP contribution in [0.15, 0.2) is 47.3 Å². The molecule has 1 aliphatic rings. The molecule has 1 fully saturated rings. The van der Waals surface area contributed by atoms with Crippen LogP contribution in [-0.4, -0.2) is 74.5 Å². The molecule has 2 aromatic heterocycles. The Kier molecular flexibility index (Phi) is 5.06.